The number of nitrogens with zero attached hydrogens (tertiary/aromatic N) is 1. The minimum Gasteiger partial charge on any atom is -0.477 e. The lowest BCUT2D eigenvalue weighted by atomic mass is 9.63. The molecular formula is C24H33NO3S. The Labute approximate surface area is 178 Å². The number of aromatic carboxylic acids is 1. The van der Waals surface area contributed by atoms with Gasteiger partial charge >= 0.3 is 5.97 Å². The van der Waals surface area contributed by atoms with E-state index in [1.807, 2.05) is 6.07 Å². The molecule has 2 N–H and O–H groups in total. The van der Waals surface area contributed by atoms with Crippen LogP contribution in [-0.2, 0) is 6.42 Å². The maximum absolute atomic E-state index is 11.0. The van der Waals surface area contributed by atoms with Gasteiger partial charge in [0.25, 0.3) is 0 Å². The van der Waals surface area contributed by atoms with Crippen molar-refractivity contribution in [2.75, 3.05) is 0 Å². The van der Waals surface area contributed by atoms with Crippen LogP contribution < -0.4 is 0 Å². The second-order valence-electron chi connectivity index (χ2n) is 8.82. The number of carbonyl (C=O) groups is 1. The molecule has 0 radical (unpaired) electrons. The lowest BCUT2D eigenvalue weighted by Crippen LogP contribution is -2.40. The molecule has 158 valence electrons. The van der Waals surface area contributed by atoms with E-state index in [-0.39, 0.29) is 23.5 Å². The number of aliphatic hydroxyl groups excluding tert-OH is 1. The lowest BCUT2D eigenvalue weighted by Gasteiger charge is -2.45. The topological polar surface area (TPSA) is 61.9 Å². The molecule has 1 aromatic rings. The van der Waals surface area contributed by atoms with E-state index >= 15 is 0 Å². The Bertz CT molecular complexity index is 753. The summed E-state index contributed by atoms with van der Waals surface area (Å²) in [6, 6.07) is 3.68. The van der Waals surface area contributed by atoms with Gasteiger partial charge in [0, 0.05) is 11.3 Å². The molecule has 2 aliphatic rings. The van der Waals surface area contributed by atoms with E-state index in [1.54, 1.807) is 6.07 Å². The van der Waals surface area contributed by atoms with Gasteiger partial charge in [-0.1, -0.05) is 25.5 Å². The zero-order valence-electron chi connectivity index (χ0n) is 17.3. The third-order valence-corrected chi connectivity index (χ3v) is 8.47. The van der Waals surface area contributed by atoms with E-state index in [0.717, 1.165) is 56.2 Å². The molecule has 29 heavy (non-hydrogen) atoms. The maximum atomic E-state index is 11.0. The standard InChI is InChI=1S/C24H33NO3S/c1-3-24(15-6-16-24)22(26)10-5-9-19-17(11-13-20(19)25-2)7-4-8-18-12-14-21(29-18)23(27)28/h5,9,12,14,17,19-20,22,26H,3-4,6-8,10-11,13,15-16H2,1H3,(H,27,28)/t17-,19+,20+,22?/m0/s1. The van der Waals surface area contributed by atoms with Crippen LogP contribution in [0.25, 0.3) is 4.85 Å². The molecule has 0 bridgehead atoms. The maximum Gasteiger partial charge on any atom is 0.345 e. The van der Waals surface area contributed by atoms with Gasteiger partial charge in [0.05, 0.1) is 12.0 Å². The first kappa shape index (κ1) is 22.1. The van der Waals surface area contributed by atoms with Crippen LogP contribution in [0, 0.1) is 23.8 Å². The molecule has 0 aliphatic heterocycles. The number of aryl methyl sites for hydroxylation is 1. The van der Waals surface area contributed by atoms with Gasteiger partial charge in [0.15, 0.2) is 0 Å². The number of hydrogen-bond donors (Lipinski definition) is 2. The molecule has 4 atom stereocenters. The number of aliphatic hydroxyl groups is 1. The molecule has 3 rings (SSSR count). The molecule has 1 heterocycles. The highest BCUT2D eigenvalue weighted by atomic mass is 32.1. The van der Waals surface area contributed by atoms with Crippen molar-refractivity contribution >= 4 is 17.3 Å². The minimum absolute atomic E-state index is 0.0672. The van der Waals surface area contributed by atoms with E-state index in [2.05, 4.69) is 23.9 Å². The number of carboxylic acids is 1. The molecule has 5 heteroatoms. The monoisotopic (exact) mass is 415 g/mol. The molecule has 2 saturated carbocycles. The summed E-state index contributed by atoms with van der Waals surface area (Å²) in [5, 5.41) is 19.7. The Morgan fingerprint density at radius 2 is 2.21 bits per heavy atom. The van der Waals surface area contributed by atoms with Crippen LogP contribution in [0.4, 0.5) is 0 Å². The zero-order chi connectivity index (χ0) is 20.9. The van der Waals surface area contributed by atoms with Crippen LogP contribution in [0.15, 0.2) is 24.3 Å². The van der Waals surface area contributed by atoms with Gasteiger partial charge in [0.2, 0.25) is 6.04 Å². The van der Waals surface area contributed by atoms with Gasteiger partial charge in [-0.3, -0.25) is 0 Å². The summed E-state index contributed by atoms with van der Waals surface area (Å²) in [7, 11) is 0. The molecule has 0 saturated heterocycles. The predicted octanol–water partition coefficient (Wildman–Crippen LogP) is 5.97. The van der Waals surface area contributed by atoms with Gasteiger partial charge in [-0.2, -0.15) is 0 Å². The normalized spacial score (nSPS) is 26.9. The molecule has 1 unspecified atom stereocenters. The Hall–Kier alpha value is -1.64. The number of thiophene rings is 1. The Morgan fingerprint density at radius 1 is 1.41 bits per heavy atom. The van der Waals surface area contributed by atoms with Crippen molar-refractivity contribution in [3.8, 4) is 0 Å². The van der Waals surface area contributed by atoms with Crippen molar-refractivity contribution in [2.24, 2.45) is 17.3 Å². The third-order valence-electron chi connectivity index (χ3n) is 7.34. The molecule has 2 aliphatic carbocycles. The first-order valence-corrected chi connectivity index (χ1v) is 11.8. The van der Waals surface area contributed by atoms with Crippen molar-refractivity contribution in [2.45, 2.75) is 83.3 Å². The number of hydrogen-bond acceptors (Lipinski definition) is 3. The van der Waals surface area contributed by atoms with Gasteiger partial charge < -0.3 is 15.1 Å². The predicted molar refractivity (Wildman–Crippen MR) is 117 cm³/mol. The third kappa shape index (κ3) is 5.10. The Kier molecular flexibility index (Phi) is 7.54. The first-order chi connectivity index (χ1) is 14.0. The van der Waals surface area contributed by atoms with Crippen LogP contribution in [-0.4, -0.2) is 28.3 Å². The van der Waals surface area contributed by atoms with E-state index in [4.69, 9.17) is 11.7 Å². The largest absolute Gasteiger partial charge is 0.477 e. The zero-order valence-corrected chi connectivity index (χ0v) is 18.2. The molecule has 4 nitrogen and oxygen atoms in total. The van der Waals surface area contributed by atoms with Gasteiger partial charge in [-0.05, 0) is 74.8 Å². The van der Waals surface area contributed by atoms with Crippen molar-refractivity contribution in [3.05, 3.63) is 45.5 Å². The second-order valence-corrected chi connectivity index (χ2v) is 9.99. The van der Waals surface area contributed by atoms with Crippen LogP contribution in [0.3, 0.4) is 0 Å². The molecule has 0 spiro atoms. The molecule has 2 fully saturated rings. The van der Waals surface area contributed by atoms with Crippen molar-refractivity contribution < 1.29 is 15.0 Å². The Morgan fingerprint density at radius 3 is 2.79 bits per heavy atom. The van der Waals surface area contributed by atoms with Crippen molar-refractivity contribution in [1.82, 2.24) is 0 Å². The summed E-state index contributed by atoms with van der Waals surface area (Å²) in [6.45, 7) is 9.73. The van der Waals surface area contributed by atoms with Crippen molar-refractivity contribution in [3.63, 3.8) is 0 Å². The van der Waals surface area contributed by atoms with E-state index in [9.17, 15) is 9.90 Å². The van der Waals surface area contributed by atoms with Crippen LogP contribution in [0.5, 0.6) is 0 Å². The fraction of sp³-hybridized carbons (Fsp3) is 0.667. The van der Waals surface area contributed by atoms with E-state index in [1.165, 1.54) is 17.8 Å². The molecule has 0 amide bonds. The molecule has 0 aromatic carbocycles. The minimum atomic E-state index is -0.851. The summed E-state index contributed by atoms with van der Waals surface area (Å²) in [5.74, 6) is -0.0436. The van der Waals surface area contributed by atoms with E-state index < -0.39 is 5.97 Å². The van der Waals surface area contributed by atoms with Gasteiger partial charge in [0.1, 0.15) is 4.88 Å². The lowest BCUT2D eigenvalue weighted by molar-refractivity contribution is -0.0355. The quantitative estimate of drug-likeness (QED) is 0.365. The summed E-state index contributed by atoms with van der Waals surface area (Å²) in [5.41, 5.74) is 0.133. The summed E-state index contributed by atoms with van der Waals surface area (Å²) in [6.07, 6.45) is 14.4. The average Bonchev–Trinajstić information content (AvgIpc) is 3.29. The fourth-order valence-corrected chi connectivity index (χ4v) is 6.08. The first-order valence-electron chi connectivity index (χ1n) is 11.0. The summed E-state index contributed by atoms with van der Waals surface area (Å²) >= 11 is 1.37. The van der Waals surface area contributed by atoms with Crippen LogP contribution in [0.1, 0.15) is 79.3 Å². The van der Waals surface area contributed by atoms with Crippen LogP contribution >= 0.6 is 11.3 Å². The highest BCUT2D eigenvalue weighted by molar-refractivity contribution is 7.13. The summed E-state index contributed by atoms with van der Waals surface area (Å²) in [4.78, 5) is 16.4. The number of carboxylic acid groups (broad SMARTS) is 1. The molecular weight excluding hydrogens is 382 g/mol. The highest BCUT2D eigenvalue weighted by Gasteiger charge is 2.41. The van der Waals surface area contributed by atoms with E-state index in [0.29, 0.717) is 17.2 Å². The number of rotatable bonds is 10. The Balaban J connectivity index is 1.51. The van der Waals surface area contributed by atoms with Crippen LogP contribution in [0.2, 0.25) is 0 Å². The second kappa shape index (κ2) is 9.91. The van der Waals surface area contributed by atoms with Gasteiger partial charge in [-0.25, -0.2) is 11.4 Å². The van der Waals surface area contributed by atoms with Crippen molar-refractivity contribution in [1.29, 1.82) is 0 Å². The highest BCUT2D eigenvalue weighted by Crippen LogP contribution is 2.48. The average molecular weight is 416 g/mol. The SMILES string of the molecule is [C-]#[N+][C@@H]1CC[C@H](CCCc2ccc(C(=O)O)s2)[C@H]1C=CCC(O)C1(CC)CCC1. The van der Waals surface area contributed by atoms with Gasteiger partial charge in [-0.15, -0.1) is 11.3 Å². The molecule has 1 aromatic heterocycles. The smallest absolute Gasteiger partial charge is 0.345 e. The summed E-state index contributed by atoms with van der Waals surface area (Å²) < 4.78 is 0. The fourth-order valence-electron chi connectivity index (χ4n) is 5.19.